The summed E-state index contributed by atoms with van der Waals surface area (Å²) in [5.41, 5.74) is 18.8. The van der Waals surface area contributed by atoms with Crippen LogP contribution in [0.1, 0.15) is 221 Å². The largest absolute Gasteiger partial charge is 0.399 e. The van der Waals surface area contributed by atoms with Crippen molar-refractivity contribution >= 4 is 142 Å². The van der Waals surface area contributed by atoms with E-state index in [0.717, 1.165) is 35.8 Å². The number of nitrogen functional groups attached to an aromatic ring is 2. The minimum Gasteiger partial charge on any atom is -0.399 e. The molecule has 1 aliphatic heterocycles. The normalized spacial score (nSPS) is 14.0. The number of hydrogen-bond donors (Lipinski definition) is 13. The van der Waals surface area contributed by atoms with Gasteiger partial charge < -0.3 is 57.9 Å². The van der Waals surface area contributed by atoms with Crippen LogP contribution in [0.4, 0.5) is 56.9 Å². The number of hydrogen-bond acceptors (Lipinski definition) is 21. The summed E-state index contributed by atoms with van der Waals surface area (Å²) in [6, 6.07) is 36.2. The third-order valence-corrected chi connectivity index (χ3v) is 29.1. The highest BCUT2D eigenvalue weighted by Gasteiger charge is 2.32. The number of benzene rings is 5. The van der Waals surface area contributed by atoms with E-state index in [9.17, 15) is 70.9 Å². The van der Waals surface area contributed by atoms with Crippen molar-refractivity contribution < 1.29 is 75.6 Å². The molecule has 122 heavy (non-hydrogen) atoms. The summed E-state index contributed by atoms with van der Waals surface area (Å²) < 4.78 is 133. The molecule has 6 amide bonds. The van der Waals surface area contributed by atoms with Gasteiger partial charge in [-0.2, -0.15) is 0 Å². The molecule has 37 heteroatoms. The average molecular weight is 1810 g/mol. The lowest BCUT2D eigenvalue weighted by Crippen LogP contribution is -2.45. The van der Waals surface area contributed by atoms with E-state index in [1.807, 2.05) is 67.5 Å². The van der Waals surface area contributed by atoms with E-state index < -0.39 is 73.9 Å². The number of sulfonamides is 5. The molecule has 1 saturated heterocycles. The summed E-state index contributed by atoms with van der Waals surface area (Å²) in [5, 5.41) is 16.7. The molecule has 0 radical (unpaired) electrons. The number of nitrogens with zero attached hydrogens (tertiary/aromatic N) is 2. The molecule has 2 atom stereocenters. The van der Waals surface area contributed by atoms with Gasteiger partial charge in [-0.1, -0.05) is 12.1 Å². The van der Waals surface area contributed by atoms with E-state index in [1.54, 1.807) is 177 Å². The zero-order valence-electron chi connectivity index (χ0n) is 75.3. The average Bonchev–Trinajstić information content (AvgIpc) is 0.855. The van der Waals surface area contributed by atoms with Crippen molar-refractivity contribution in [2.45, 2.75) is 257 Å². The molecule has 0 unspecified atom stereocenters. The van der Waals surface area contributed by atoms with Crippen molar-refractivity contribution in [1.29, 1.82) is 0 Å². The van der Waals surface area contributed by atoms with E-state index in [2.05, 4.69) is 74.3 Å². The van der Waals surface area contributed by atoms with E-state index in [1.165, 1.54) is 6.92 Å². The van der Waals surface area contributed by atoms with E-state index >= 15 is 0 Å². The third-order valence-electron chi connectivity index (χ3n) is 18.1. The zero-order valence-corrected chi connectivity index (χ0v) is 79.4. The smallest absolute Gasteiger partial charge is 0.224 e. The Hall–Kier alpha value is -8.37. The zero-order chi connectivity index (χ0) is 92.7. The molecule has 32 nitrogen and oxygen atoms in total. The number of amides is 6. The Morgan fingerprint density at radius 1 is 0.352 bits per heavy atom. The van der Waals surface area contributed by atoms with Gasteiger partial charge in [0.15, 0.2) is 0 Å². The number of unbranched alkanes of at least 4 members (excludes halogenated alkanes) is 5. The summed E-state index contributed by atoms with van der Waals surface area (Å²) in [4.78, 5) is 74.6. The second-order valence-corrected chi connectivity index (χ2v) is 47.3. The standard InChI is InChI=1S/C21H35N3O4S.C17H27N3O4S.C17H29N3O3S.2C15H25N3O3S/c1-16-14-24(15-17(2)28-16)19-11-9-18(10-12-19)23-20(25)8-6-7-13-22-29(26,27)21(3,4)5;1-13(21)19-14-8-10-15(11-9-14)20-16(22)7-5-6-12-18-25(23,24)17(2,3)4;1-17(2,3)24(22,23)18-12-7-6-11-16(21)19-14-9-8-10-15(13-14)20(4)5;1-15(2,3)22(20,21)17-10-5-4-9-14(19)18-13-8-6-7-12(16)11-13;1-15(2,3)22(20,21)17-11-5-4-6-14(19)18-13-9-7-12(16)8-10-13/h9-12,16-17,22H,6-8,13-15H2,1-5H3,(H,23,25);8-11,18H,5-7,12H2,1-4H3,(H,19,21)(H,20,22);8-10,13,18H,6-7,11-12H2,1-5H3,(H,19,21);6-8,11,17H,4-5,9-10,16H2,1-3H3,(H,18,19);7-10,17H,4-6,11,16H2,1-3H3,(H,18,19)/t16-,17+;;;;. The highest BCUT2D eigenvalue weighted by molar-refractivity contribution is 7.92. The van der Waals surface area contributed by atoms with Crippen LogP contribution in [0.25, 0.3) is 0 Å². The lowest BCUT2D eigenvalue weighted by Gasteiger charge is -2.36. The molecule has 15 N–H and O–H groups in total. The number of rotatable bonds is 38. The molecular weight excluding hydrogens is 1660 g/mol. The van der Waals surface area contributed by atoms with Crippen LogP contribution < -0.4 is 76.8 Å². The van der Waals surface area contributed by atoms with Gasteiger partial charge in [-0.3, -0.25) is 28.8 Å². The fourth-order valence-electron chi connectivity index (χ4n) is 10.3. The number of ether oxygens (including phenoxy) is 1. The van der Waals surface area contributed by atoms with Crippen LogP contribution in [0.2, 0.25) is 0 Å². The van der Waals surface area contributed by atoms with Crippen LogP contribution in [0.3, 0.4) is 0 Å². The van der Waals surface area contributed by atoms with Crippen molar-refractivity contribution in [3.8, 4) is 0 Å². The quantitative estimate of drug-likeness (QED) is 0.0129. The second-order valence-electron chi connectivity index (χ2n) is 34.7. The highest BCUT2D eigenvalue weighted by atomic mass is 32.2. The van der Waals surface area contributed by atoms with Crippen LogP contribution in [-0.4, -0.2) is 173 Å². The van der Waals surface area contributed by atoms with E-state index in [4.69, 9.17) is 16.2 Å². The molecule has 0 bridgehead atoms. The Kier molecular flexibility index (Phi) is 46.0. The van der Waals surface area contributed by atoms with Gasteiger partial charge in [0.2, 0.25) is 85.6 Å². The fourth-order valence-corrected chi connectivity index (χ4v) is 14.5. The molecule has 0 spiro atoms. The molecule has 0 aliphatic carbocycles. The number of anilines is 10. The number of nitrogens with two attached hydrogens (primary N) is 2. The van der Waals surface area contributed by atoms with Gasteiger partial charge in [0.05, 0.1) is 35.9 Å². The molecule has 5 aromatic carbocycles. The Bertz CT molecular complexity index is 4670. The van der Waals surface area contributed by atoms with Crippen molar-refractivity contribution in [3.63, 3.8) is 0 Å². The molecule has 6 rings (SSSR count). The Labute approximate surface area is 728 Å². The first-order valence-electron chi connectivity index (χ1n) is 41.1. The van der Waals surface area contributed by atoms with Crippen LogP contribution in [0.5, 0.6) is 0 Å². The molecule has 1 aliphatic rings. The maximum absolute atomic E-state index is 12.1. The van der Waals surface area contributed by atoms with Crippen molar-refractivity contribution in [2.24, 2.45) is 0 Å². The van der Waals surface area contributed by atoms with E-state index in [-0.39, 0.29) is 47.7 Å². The Morgan fingerprint density at radius 3 is 0.877 bits per heavy atom. The molecule has 1 heterocycles. The molecule has 0 saturated carbocycles. The maximum Gasteiger partial charge on any atom is 0.224 e. The lowest BCUT2D eigenvalue weighted by molar-refractivity contribution is -0.117. The first kappa shape index (κ1) is 110. The molecule has 1 fully saturated rings. The van der Waals surface area contributed by atoms with Crippen molar-refractivity contribution in [3.05, 3.63) is 121 Å². The van der Waals surface area contributed by atoms with Gasteiger partial charge in [-0.05, 0) is 291 Å². The monoisotopic (exact) mass is 1800 g/mol. The SMILES string of the molecule is CC(=O)Nc1ccc(NC(=O)CCCCNS(=O)(=O)C(C)(C)C)cc1.CC(C)(C)S(=O)(=O)NCCCCC(=O)Nc1ccc(N)cc1.CC(C)(C)S(=O)(=O)NCCCCC(=O)Nc1cccc(N)c1.CN(C)c1cccc(NC(=O)CCCCNS(=O)(=O)C(C)(C)C)c1.C[C@@H]1CN(c2ccc(NC(=O)CCCCNS(=O)(=O)C(C)(C)C)cc2)C[C@H](C)O1. The third kappa shape index (κ3) is 44.3. The summed E-state index contributed by atoms with van der Waals surface area (Å²) in [6.45, 7) is 33.7. The van der Waals surface area contributed by atoms with Gasteiger partial charge in [0, 0.05) is 156 Å². The van der Waals surface area contributed by atoms with Crippen LogP contribution in [-0.2, 0) is 83.6 Å². The number of carbonyl (C=O) groups is 6. The molecule has 0 aromatic heterocycles. The van der Waals surface area contributed by atoms with Crippen molar-refractivity contribution in [1.82, 2.24) is 23.6 Å². The number of nitrogens with one attached hydrogen (secondary N) is 11. The number of carbonyl (C=O) groups excluding carboxylic acids is 6. The highest BCUT2D eigenvalue weighted by Crippen LogP contribution is 2.25. The molecular formula is C85H141N15O17S5. The van der Waals surface area contributed by atoms with Crippen LogP contribution in [0, 0.1) is 0 Å². The minimum absolute atomic E-state index is 0.0648. The van der Waals surface area contributed by atoms with Gasteiger partial charge in [0.1, 0.15) is 0 Å². The van der Waals surface area contributed by atoms with Gasteiger partial charge >= 0.3 is 0 Å². The lowest BCUT2D eigenvalue weighted by atomic mass is 10.2. The van der Waals surface area contributed by atoms with Crippen LogP contribution in [0.15, 0.2) is 121 Å². The number of morpholine rings is 1. The van der Waals surface area contributed by atoms with E-state index in [0.29, 0.717) is 163 Å². The maximum atomic E-state index is 12.1. The summed E-state index contributed by atoms with van der Waals surface area (Å²) in [7, 11) is -12.7. The van der Waals surface area contributed by atoms with Gasteiger partial charge in [0.25, 0.3) is 0 Å². The summed E-state index contributed by atoms with van der Waals surface area (Å²) >= 11 is 0. The first-order chi connectivity index (χ1) is 56.2. The second kappa shape index (κ2) is 51.2. The Morgan fingerprint density at radius 2 is 0.607 bits per heavy atom. The topological polar surface area (TPSA) is 473 Å². The minimum atomic E-state index is -3.34. The first-order valence-corrected chi connectivity index (χ1v) is 48.5. The molecule has 5 aromatic rings. The predicted molar refractivity (Wildman–Crippen MR) is 498 cm³/mol. The summed E-state index contributed by atoms with van der Waals surface area (Å²) in [6.07, 6.45) is 8.25. The van der Waals surface area contributed by atoms with Gasteiger partial charge in [-0.25, -0.2) is 65.7 Å². The van der Waals surface area contributed by atoms with Gasteiger partial charge in [-0.15, -0.1) is 0 Å². The molecule has 688 valence electrons. The predicted octanol–water partition coefficient (Wildman–Crippen LogP) is 12.4. The Balaban J connectivity index is 0.000000519. The fraction of sp³-hybridized carbons (Fsp3) is 0.576. The van der Waals surface area contributed by atoms with Crippen molar-refractivity contribution in [2.75, 3.05) is 113 Å². The summed E-state index contributed by atoms with van der Waals surface area (Å²) in [5.74, 6) is -0.618. The van der Waals surface area contributed by atoms with Crippen LogP contribution >= 0.6 is 0 Å².